The van der Waals surface area contributed by atoms with E-state index in [-0.39, 0.29) is 11.8 Å². The summed E-state index contributed by atoms with van der Waals surface area (Å²) in [6, 6.07) is 8.17. The zero-order valence-corrected chi connectivity index (χ0v) is 14.5. The number of sulfone groups is 1. The van der Waals surface area contributed by atoms with E-state index in [0.29, 0.717) is 6.42 Å². The molecule has 0 amide bonds. The Balaban J connectivity index is 3.03. The summed E-state index contributed by atoms with van der Waals surface area (Å²) in [5, 5.41) is 3.00. The topological polar surface area (TPSA) is 46.2 Å². The molecule has 1 rings (SSSR count). The van der Waals surface area contributed by atoms with Crippen molar-refractivity contribution in [1.29, 1.82) is 0 Å². The van der Waals surface area contributed by atoms with Crippen molar-refractivity contribution in [2.75, 3.05) is 12.3 Å². The van der Waals surface area contributed by atoms with Crippen molar-refractivity contribution in [3.05, 3.63) is 35.4 Å². The molecular weight excluding hydrogens is 282 g/mol. The van der Waals surface area contributed by atoms with E-state index in [1.807, 2.05) is 13.8 Å². The normalized spacial score (nSPS) is 14.9. The van der Waals surface area contributed by atoms with Crippen LogP contribution in [0.3, 0.4) is 0 Å². The highest BCUT2D eigenvalue weighted by molar-refractivity contribution is 7.92. The number of nitrogens with one attached hydrogen (secondary N) is 1. The Morgan fingerprint density at radius 3 is 2.14 bits per heavy atom. The third-order valence-electron chi connectivity index (χ3n) is 3.89. The second-order valence-electron chi connectivity index (χ2n) is 5.60. The molecule has 1 aromatic rings. The van der Waals surface area contributed by atoms with Gasteiger partial charge < -0.3 is 5.32 Å². The predicted molar refractivity (Wildman–Crippen MR) is 90.4 cm³/mol. The second-order valence-corrected chi connectivity index (χ2v) is 8.08. The summed E-state index contributed by atoms with van der Waals surface area (Å²) in [6.45, 7) is 8.78. The smallest absolute Gasteiger partial charge is 0.154 e. The number of hydrogen-bond donors (Lipinski definition) is 1. The summed E-state index contributed by atoms with van der Waals surface area (Å²) in [6.07, 6.45) is 2.66. The number of rotatable bonds is 9. The van der Waals surface area contributed by atoms with Gasteiger partial charge in [-0.05, 0) is 43.9 Å². The fourth-order valence-electron chi connectivity index (χ4n) is 2.49. The first-order valence-electron chi connectivity index (χ1n) is 8.00. The molecule has 0 fully saturated rings. The zero-order valence-electron chi connectivity index (χ0n) is 13.7. The minimum Gasteiger partial charge on any atom is -0.309 e. The molecule has 1 aromatic carbocycles. The Kier molecular flexibility index (Phi) is 7.40. The van der Waals surface area contributed by atoms with Gasteiger partial charge in [0.25, 0.3) is 0 Å². The summed E-state index contributed by atoms with van der Waals surface area (Å²) in [5.41, 5.74) is 2.34. The molecule has 0 aliphatic heterocycles. The van der Waals surface area contributed by atoms with Gasteiger partial charge in [-0.15, -0.1) is 0 Å². The highest BCUT2D eigenvalue weighted by atomic mass is 32.2. The van der Waals surface area contributed by atoms with Crippen LogP contribution in [0.1, 0.15) is 57.7 Å². The van der Waals surface area contributed by atoms with Crippen molar-refractivity contribution < 1.29 is 8.42 Å². The minimum absolute atomic E-state index is 0.132. The van der Waals surface area contributed by atoms with Gasteiger partial charge >= 0.3 is 0 Å². The van der Waals surface area contributed by atoms with Crippen molar-refractivity contribution in [1.82, 2.24) is 5.32 Å². The molecule has 0 bridgehead atoms. The first kappa shape index (κ1) is 18.2. The Morgan fingerprint density at radius 2 is 1.67 bits per heavy atom. The number of benzene rings is 1. The minimum atomic E-state index is -3.07. The van der Waals surface area contributed by atoms with Gasteiger partial charge in [0.2, 0.25) is 0 Å². The monoisotopic (exact) mass is 311 g/mol. The standard InChI is InChI=1S/C17H29NO2S/c1-5-12-18-17(14(4)21(19,20)13-6-2)16-10-8-15(7-3)9-11-16/h8-11,14,17-18H,5-7,12-13H2,1-4H3. The molecule has 1 N–H and O–H groups in total. The van der Waals surface area contributed by atoms with Crippen molar-refractivity contribution >= 4 is 9.84 Å². The van der Waals surface area contributed by atoms with Gasteiger partial charge in [-0.25, -0.2) is 8.42 Å². The molecular formula is C17H29NO2S. The average molecular weight is 311 g/mol. The molecule has 0 saturated carbocycles. The van der Waals surface area contributed by atoms with Gasteiger partial charge in [0.15, 0.2) is 9.84 Å². The van der Waals surface area contributed by atoms with Crippen LogP contribution < -0.4 is 5.32 Å². The van der Waals surface area contributed by atoms with Crippen LogP contribution in [0.25, 0.3) is 0 Å². The third-order valence-corrected chi connectivity index (χ3v) is 6.27. The summed E-state index contributed by atoms with van der Waals surface area (Å²) < 4.78 is 24.8. The van der Waals surface area contributed by atoms with Gasteiger partial charge in [-0.2, -0.15) is 0 Å². The fourth-order valence-corrected chi connectivity index (χ4v) is 4.10. The average Bonchev–Trinajstić information content (AvgIpc) is 2.48. The lowest BCUT2D eigenvalue weighted by Gasteiger charge is -2.26. The van der Waals surface area contributed by atoms with Gasteiger partial charge in [-0.3, -0.25) is 0 Å². The molecule has 0 spiro atoms. The third kappa shape index (κ3) is 5.11. The van der Waals surface area contributed by atoms with Crippen molar-refractivity contribution in [2.24, 2.45) is 0 Å². The molecule has 0 heterocycles. The van der Waals surface area contributed by atoms with Gasteiger partial charge in [0, 0.05) is 6.04 Å². The van der Waals surface area contributed by atoms with Gasteiger partial charge in [-0.1, -0.05) is 45.0 Å². The van der Waals surface area contributed by atoms with Crippen molar-refractivity contribution in [3.63, 3.8) is 0 Å². The SMILES string of the molecule is CCCNC(c1ccc(CC)cc1)C(C)S(=O)(=O)CCC. The Labute approximate surface area is 130 Å². The van der Waals surface area contributed by atoms with E-state index in [0.717, 1.165) is 24.9 Å². The number of aryl methyl sites for hydroxylation is 1. The van der Waals surface area contributed by atoms with E-state index in [2.05, 4.69) is 43.4 Å². The first-order chi connectivity index (χ1) is 9.96. The van der Waals surface area contributed by atoms with Crippen LogP contribution in [0.5, 0.6) is 0 Å². The van der Waals surface area contributed by atoms with Crippen LogP contribution in [0, 0.1) is 0 Å². The highest BCUT2D eigenvalue weighted by Gasteiger charge is 2.29. The van der Waals surface area contributed by atoms with Gasteiger partial charge in [0.05, 0.1) is 11.0 Å². The van der Waals surface area contributed by atoms with Crippen molar-refractivity contribution in [2.45, 2.75) is 58.2 Å². The van der Waals surface area contributed by atoms with E-state index >= 15 is 0 Å². The molecule has 0 aliphatic carbocycles. The molecule has 2 unspecified atom stereocenters. The molecule has 2 atom stereocenters. The van der Waals surface area contributed by atoms with Crippen LogP contribution in [0.4, 0.5) is 0 Å². The lowest BCUT2D eigenvalue weighted by atomic mass is 10.0. The molecule has 0 radical (unpaired) electrons. The lowest BCUT2D eigenvalue weighted by molar-refractivity contribution is 0.497. The Morgan fingerprint density at radius 1 is 1.05 bits per heavy atom. The van der Waals surface area contributed by atoms with E-state index in [9.17, 15) is 8.42 Å². The fraction of sp³-hybridized carbons (Fsp3) is 0.647. The molecule has 4 heteroatoms. The Bertz CT molecular complexity index is 508. The summed E-state index contributed by atoms with van der Waals surface area (Å²) in [7, 11) is -3.07. The summed E-state index contributed by atoms with van der Waals surface area (Å²) in [5.74, 6) is 0.255. The quantitative estimate of drug-likeness (QED) is 0.759. The molecule has 21 heavy (non-hydrogen) atoms. The molecule has 120 valence electrons. The first-order valence-corrected chi connectivity index (χ1v) is 9.71. The molecule has 0 aromatic heterocycles. The molecule has 0 aliphatic rings. The van der Waals surface area contributed by atoms with E-state index in [4.69, 9.17) is 0 Å². The maximum atomic E-state index is 12.4. The summed E-state index contributed by atoms with van der Waals surface area (Å²) >= 11 is 0. The van der Waals surface area contributed by atoms with Crippen LogP contribution >= 0.6 is 0 Å². The zero-order chi connectivity index (χ0) is 15.9. The van der Waals surface area contributed by atoms with E-state index < -0.39 is 15.1 Å². The highest BCUT2D eigenvalue weighted by Crippen LogP contribution is 2.24. The van der Waals surface area contributed by atoms with Crippen LogP contribution in [-0.4, -0.2) is 26.0 Å². The second kappa shape index (κ2) is 8.54. The molecule has 3 nitrogen and oxygen atoms in total. The van der Waals surface area contributed by atoms with Crippen LogP contribution in [-0.2, 0) is 16.3 Å². The largest absolute Gasteiger partial charge is 0.309 e. The van der Waals surface area contributed by atoms with Crippen LogP contribution in [0.2, 0.25) is 0 Å². The van der Waals surface area contributed by atoms with Gasteiger partial charge in [0.1, 0.15) is 0 Å². The molecule has 0 saturated heterocycles. The van der Waals surface area contributed by atoms with Crippen LogP contribution in [0.15, 0.2) is 24.3 Å². The Hall–Kier alpha value is -0.870. The number of hydrogen-bond acceptors (Lipinski definition) is 3. The summed E-state index contributed by atoms with van der Waals surface area (Å²) in [4.78, 5) is 0. The predicted octanol–water partition coefficient (Wildman–Crippen LogP) is 3.50. The van der Waals surface area contributed by atoms with E-state index in [1.54, 1.807) is 0 Å². The maximum Gasteiger partial charge on any atom is 0.154 e. The maximum absolute atomic E-state index is 12.4. The lowest BCUT2D eigenvalue weighted by Crippen LogP contribution is -2.37. The van der Waals surface area contributed by atoms with Crippen molar-refractivity contribution in [3.8, 4) is 0 Å². The van der Waals surface area contributed by atoms with E-state index in [1.165, 1.54) is 5.56 Å².